The molecular formula is C22H25N5O2. The molecular weight excluding hydrogens is 366 g/mol. The van der Waals surface area contributed by atoms with E-state index in [2.05, 4.69) is 20.1 Å². The second-order valence-electron chi connectivity index (χ2n) is 6.88. The first-order chi connectivity index (χ1) is 14.2. The lowest BCUT2D eigenvalue weighted by molar-refractivity contribution is 0.112. The van der Waals surface area contributed by atoms with E-state index in [4.69, 9.17) is 4.84 Å². The Balaban J connectivity index is 1.51. The fourth-order valence-corrected chi connectivity index (χ4v) is 2.92. The molecule has 0 fully saturated rings. The van der Waals surface area contributed by atoms with Crippen LogP contribution in [-0.4, -0.2) is 51.8 Å². The number of pyridine rings is 1. The number of aromatic nitrogens is 3. The van der Waals surface area contributed by atoms with Gasteiger partial charge in [0.25, 0.3) is 0 Å². The van der Waals surface area contributed by atoms with Gasteiger partial charge in [-0.25, -0.2) is 4.68 Å². The molecule has 2 aromatic heterocycles. The van der Waals surface area contributed by atoms with Gasteiger partial charge < -0.3 is 9.74 Å². The Kier molecular flexibility index (Phi) is 7.24. The summed E-state index contributed by atoms with van der Waals surface area (Å²) >= 11 is 0. The third kappa shape index (κ3) is 6.08. The number of carbonyl (C=O) groups is 1. The van der Waals surface area contributed by atoms with E-state index in [1.54, 1.807) is 23.3 Å². The molecule has 0 N–H and O–H groups in total. The predicted molar refractivity (Wildman–Crippen MR) is 112 cm³/mol. The molecule has 0 aliphatic carbocycles. The van der Waals surface area contributed by atoms with Gasteiger partial charge in [-0.05, 0) is 31.7 Å². The average molecular weight is 391 g/mol. The van der Waals surface area contributed by atoms with Gasteiger partial charge in [0.15, 0.2) is 6.29 Å². The van der Waals surface area contributed by atoms with Gasteiger partial charge in [-0.15, -0.1) is 0 Å². The average Bonchev–Trinajstić information content (AvgIpc) is 3.17. The number of rotatable bonds is 10. The number of hydrogen-bond acceptors (Lipinski definition) is 6. The molecule has 0 saturated heterocycles. The number of oxime groups is 1. The Labute approximate surface area is 170 Å². The van der Waals surface area contributed by atoms with Crippen molar-refractivity contribution < 1.29 is 9.63 Å². The van der Waals surface area contributed by atoms with Crippen molar-refractivity contribution in [2.45, 2.75) is 20.0 Å². The van der Waals surface area contributed by atoms with Crippen LogP contribution in [-0.2, 0) is 17.9 Å². The summed E-state index contributed by atoms with van der Waals surface area (Å²) in [5.74, 6) is 0. The van der Waals surface area contributed by atoms with Gasteiger partial charge in [-0.2, -0.15) is 5.10 Å². The van der Waals surface area contributed by atoms with E-state index < -0.39 is 0 Å². The minimum absolute atomic E-state index is 0.455. The normalized spacial score (nSPS) is 11.6. The minimum Gasteiger partial charge on any atom is -0.391 e. The van der Waals surface area contributed by atoms with Crippen LogP contribution in [0.15, 0.2) is 66.2 Å². The van der Waals surface area contributed by atoms with Gasteiger partial charge in [0.2, 0.25) is 0 Å². The third-order valence-corrected chi connectivity index (χ3v) is 4.38. The summed E-state index contributed by atoms with van der Waals surface area (Å²) in [4.78, 5) is 23.1. The molecule has 0 aliphatic heterocycles. The second-order valence-corrected chi connectivity index (χ2v) is 6.88. The van der Waals surface area contributed by atoms with Gasteiger partial charge in [0.1, 0.15) is 6.61 Å². The molecule has 7 nitrogen and oxygen atoms in total. The second kappa shape index (κ2) is 10.3. The van der Waals surface area contributed by atoms with Crippen LogP contribution in [0.2, 0.25) is 0 Å². The van der Waals surface area contributed by atoms with E-state index in [1.165, 1.54) is 0 Å². The monoisotopic (exact) mass is 391 g/mol. The van der Waals surface area contributed by atoms with Gasteiger partial charge in [-0.1, -0.05) is 35.5 Å². The summed E-state index contributed by atoms with van der Waals surface area (Å²) in [6, 6.07) is 13.7. The van der Waals surface area contributed by atoms with E-state index >= 15 is 0 Å². The molecule has 0 radical (unpaired) electrons. The first-order valence-electron chi connectivity index (χ1n) is 9.47. The maximum Gasteiger partial charge on any atom is 0.153 e. The summed E-state index contributed by atoms with van der Waals surface area (Å²) in [5.41, 5.74) is 4.17. The number of benzene rings is 1. The van der Waals surface area contributed by atoms with E-state index in [0.29, 0.717) is 25.1 Å². The molecule has 2 heterocycles. The Morgan fingerprint density at radius 1 is 1.24 bits per heavy atom. The molecule has 3 aromatic rings. The molecule has 0 bridgehead atoms. The molecule has 0 unspecified atom stereocenters. The first kappa shape index (κ1) is 20.4. The maximum atomic E-state index is 11.4. The molecule has 3 rings (SSSR count). The first-order valence-corrected chi connectivity index (χ1v) is 9.47. The van der Waals surface area contributed by atoms with Crippen molar-refractivity contribution in [3.8, 4) is 5.69 Å². The molecule has 0 atom stereocenters. The Bertz CT molecular complexity index is 938. The zero-order valence-corrected chi connectivity index (χ0v) is 16.7. The smallest absolute Gasteiger partial charge is 0.153 e. The van der Waals surface area contributed by atoms with Gasteiger partial charge in [0, 0.05) is 31.9 Å². The zero-order valence-electron chi connectivity index (χ0n) is 16.7. The summed E-state index contributed by atoms with van der Waals surface area (Å²) in [7, 11) is 2.01. The molecule has 0 aliphatic rings. The quantitative estimate of drug-likeness (QED) is 0.302. The van der Waals surface area contributed by atoms with Crippen molar-refractivity contribution in [1.29, 1.82) is 0 Å². The third-order valence-electron chi connectivity index (χ3n) is 4.38. The maximum absolute atomic E-state index is 11.4. The highest BCUT2D eigenvalue weighted by molar-refractivity contribution is 5.83. The standard InChI is InChI=1S/C22H25N5O2/c1-18(25-29-17-19-7-4-3-5-8-19)14-26(2)12-10-22-20(16-28)15-27(24-22)21-9-6-11-23-13-21/h3-9,11,13,15-16H,10,12,14,17H2,1-2H3/b25-18+. The molecule has 150 valence electrons. The van der Waals surface area contributed by atoms with Crippen molar-refractivity contribution in [1.82, 2.24) is 19.7 Å². The van der Waals surface area contributed by atoms with Crippen molar-refractivity contribution in [3.05, 3.63) is 77.9 Å². The molecule has 0 amide bonds. The van der Waals surface area contributed by atoms with Crippen molar-refractivity contribution in [2.75, 3.05) is 20.1 Å². The van der Waals surface area contributed by atoms with Crippen LogP contribution in [0, 0.1) is 0 Å². The van der Waals surface area contributed by atoms with Crippen molar-refractivity contribution in [3.63, 3.8) is 0 Å². The van der Waals surface area contributed by atoms with E-state index in [-0.39, 0.29) is 0 Å². The van der Waals surface area contributed by atoms with Crippen LogP contribution in [0.3, 0.4) is 0 Å². The van der Waals surface area contributed by atoms with Gasteiger partial charge in [0.05, 0.1) is 28.9 Å². The lowest BCUT2D eigenvalue weighted by atomic mass is 10.2. The van der Waals surface area contributed by atoms with E-state index in [9.17, 15) is 4.79 Å². The lowest BCUT2D eigenvalue weighted by Crippen LogP contribution is -2.27. The van der Waals surface area contributed by atoms with Crippen molar-refractivity contribution >= 4 is 12.0 Å². The highest BCUT2D eigenvalue weighted by Crippen LogP contribution is 2.11. The van der Waals surface area contributed by atoms with Crippen LogP contribution >= 0.6 is 0 Å². The molecule has 29 heavy (non-hydrogen) atoms. The summed E-state index contributed by atoms with van der Waals surface area (Å²) in [6.45, 7) is 3.82. The fourth-order valence-electron chi connectivity index (χ4n) is 2.92. The van der Waals surface area contributed by atoms with Gasteiger partial charge in [-0.3, -0.25) is 9.78 Å². The Morgan fingerprint density at radius 3 is 2.79 bits per heavy atom. The SMILES string of the molecule is C/C(CN(C)CCc1nn(-c2cccnc2)cc1C=O)=N\OCc1ccccc1. The summed E-state index contributed by atoms with van der Waals surface area (Å²) < 4.78 is 1.69. The number of hydrogen-bond donors (Lipinski definition) is 0. The number of carbonyl (C=O) groups excluding carboxylic acids is 1. The Morgan fingerprint density at radius 2 is 2.07 bits per heavy atom. The number of nitrogens with zero attached hydrogens (tertiary/aromatic N) is 5. The van der Waals surface area contributed by atoms with Crippen LogP contribution in [0.5, 0.6) is 0 Å². The topological polar surface area (TPSA) is 72.6 Å². The predicted octanol–water partition coefficient (Wildman–Crippen LogP) is 3.15. The van der Waals surface area contributed by atoms with E-state index in [0.717, 1.165) is 35.5 Å². The number of likely N-dealkylation sites (N-methyl/N-ethyl adjacent to an activating group) is 1. The highest BCUT2D eigenvalue weighted by Gasteiger charge is 2.11. The van der Waals surface area contributed by atoms with Crippen molar-refractivity contribution in [2.24, 2.45) is 5.16 Å². The van der Waals surface area contributed by atoms with Crippen LogP contribution in [0.25, 0.3) is 5.69 Å². The molecule has 7 heteroatoms. The largest absolute Gasteiger partial charge is 0.391 e. The lowest BCUT2D eigenvalue weighted by Gasteiger charge is -2.15. The highest BCUT2D eigenvalue weighted by atomic mass is 16.6. The van der Waals surface area contributed by atoms with E-state index in [1.807, 2.05) is 56.4 Å². The zero-order chi connectivity index (χ0) is 20.5. The minimum atomic E-state index is 0.455. The van der Waals surface area contributed by atoms with Crippen LogP contribution in [0.4, 0.5) is 0 Å². The fraction of sp³-hybridized carbons (Fsp3) is 0.273. The summed E-state index contributed by atoms with van der Waals surface area (Å²) in [6.07, 6.45) is 6.67. The van der Waals surface area contributed by atoms with Gasteiger partial charge >= 0.3 is 0 Å². The summed E-state index contributed by atoms with van der Waals surface area (Å²) in [5, 5.41) is 8.73. The molecule has 1 aromatic carbocycles. The Hall–Kier alpha value is -3.32. The van der Waals surface area contributed by atoms with Crippen LogP contribution < -0.4 is 0 Å². The number of aldehydes is 1. The molecule has 0 saturated carbocycles. The molecule has 0 spiro atoms. The van der Waals surface area contributed by atoms with Crippen LogP contribution in [0.1, 0.15) is 28.5 Å².